The monoisotopic (exact) mass is 302 g/mol. The molecule has 2 atom stereocenters. The van der Waals surface area contributed by atoms with Crippen LogP contribution in [0.25, 0.3) is 0 Å². The minimum absolute atomic E-state index is 0.0822. The predicted molar refractivity (Wildman–Crippen MR) is 79.9 cm³/mol. The minimum atomic E-state index is -0.0822. The lowest BCUT2D eigenvalue weighted by Crippen LogP contribution is -2.44. The van der Waals surface area contributed by atoms with Gasteiger partial charge >= 0.3 is 0 Å². The summed E-state index contributed by atoms with van der Waals surface area (Å²) in [7, 11) is 0. The molecule has 0 aliphatic carbocycles. The van der Waals surface area contributed by atoms with E-state index in [9.17, 15) is 0 Å². The summed E-state index contributed by atoms with van der Waals surface area (Å²) in [6.45, 7) is 5.70. The lowest BCUT2D eigenvalue weighted by Gasteiger charge is -2.33. The summed E-state index contributed by atoms with van der Waals surface area (Å²) in [5.74, 6) is 0. The van der Waals surface area contributed by atoms with E-state index >= 15 is 0 Å². The van der Waals surface area contributed by atoms with Crippen LogP contribution in [0.3, 0.4) is 0 Å². The van der Waals surface area contributed by atoms with Gasteiger partial charge in [-0.2, -0.15) is 0 Å². The summed E-state index contributed by atoms with van der Waals surface area (Å²) in [4.78, 5) is 2.40. The lowest BCUT2D eigenvalue weighted by molar-refractivity contribution is -0.00139. The highest BCUT2D eigenvalue weighted by Gasteiger charge is 2.20. The third kappa shape index (κ3) is 3.83. The van der Waals surface area contributed by atoms with E-state index in [1.54, 1.807) is 6.07 Å². The molecule has 1 aliphatic rings. The number of morpholine rings is 1. The van der Waals surface area contributed by atoms with Crippen molar-refractivity contribution in [1.29, 1.82) is 0 Å². The molecule has 1 aliphatic heterocycles. The average Bonchev–Trinajstić information content (AvgIpc) is 2.40. The SMILES string of the molecule is CC1COCCN1CCC(N)c1cccc(Cl)c1Cl. The molecule has 0 radical (unpaired) electrons. The van der Waals surface area contributed by atoms with Crippen LogP contribution in [0.1, 0.15) is 24.9 Å². The van der Waals surface area contributed by atoms with Gasteiger partial charge in [0.25, 0.3) is 0 Å². The number of ether oxygens (including phenoxy) is 1. The van der Waals surface area contributed by atoms with Crippen LogP contribution in [-0.2, 0) is 4.74 Å². The van der Waals surface area contributed by atoms with Crippen LogP contribution in [0.5, 0.6) is 0 Å². The number of hydrogen-bond donors (Lipinski definition) is 1. The van der Waals surface area contributed by atoms with Gasteiger partial charge in [0.15, 0.2) is 0 Å². The first-order valence-corrected chi connectivity index (χ1v) is 7.36. The number of nitrogens with two attached hydrogens (primary N) is 1. The van der Waals surface area contributed by atoms with Gasteiger partial charge in [-0.3, -0.25) is 4.90 Å². The Morgan fingerprint density at radius 3 is 3.00 bits per heavy atom. The van der Waals surface area contributed by atoms with Crippen molar-refractivity contribution in [3.8, 4) is 0 Å². The number of benzene rings is 1. The van der Waals surface area contributed by atoms with Gasteiger partial charge in [0.1, 0.15) is 0 Å². The summed E-state index contributed by atoms with van der Waals surface area (Å²) in [5, 5.41) is 1.14. The van der Waals surface area contributed by atoms with E-state index in [-0.39, 0.29) is 6.04 Å². The Balaban J connectivity index is 1.93. The van der Waals surface area contributed by atoms with Crippen LogP contribution in [0, 0.1) is 0 Å². The second-order valence-corrected chi connectivity index (χ2v) is 5.78. The number of halogens is 2. The van der Waals surface area contributed by atoms with E-state index in [1.165, 1.54) is 0 Å². The fourth-order valence-corrected chi connectivity index (χ4v) is 2.81. The van der Waals surface area contributed by atoms with E-state index in [1.807, 2.05) is 12.1 Å². The highest BCUT2D eigenvalue weighted by molar-refractivity contribution is 6.42. The van der Waals surface area contributed by atoms with Crippen molar-refractivity contribution in [2.45, 2.75) is 25.4 Å². The van der Waals surface area contributed by atoms with Gasteiger partial charge in [0.2, 0.25) is 0 Å². The molecule has 1 fully saturated rings. The second kappa shape index (κ2) is 6.91. The van der Waals surface area contributed by atoms with Gasteiger partial charge in [-0.1, -0.05) is 35.3 Å². The molecule has 1 saturated heterocycles. The molecular weight excluding hydrogens is 283 g/mol. The van der Waals surface area contributed by atoms with Crippen LogP contribution >= 0.6 is 23.2 Å². The molecule has 3 nitrogen and oxygen atoms in total. The van der Waals surface area contributed by atoms with Crippen molar-refractivity contribution >= 4 is 23.2 Å². The van der Waals surface area contributed by atoms with Crippen LogP contribution in [0.2, 0.25) is 10.0 Å². The van der Waals surface area contributed by atoms with E-state index < -0.39 is 0 Å². The van der Waals surface area contributed by atoms with Gasteiger partial charge in [0.05, 0.1) is 23.3 Å². The van der Waals surface area contributed by atoms with E-state index in [0.717, 1.165) is 38.3 Å². The molecule has 0 spiro atoms. The third-order valence-corrected chi connectivity index (χ3v) is 4.45. The number of hydrogen-bond acceptors (Lipinski definition) is 3. The Hall–Kier alpha value is -0.320. The predicted octanol–water partition coefficient (Wildman–Crippen LogP) is 3.10. The summed E-state index contributed by atoms with van der Waals surface area (Å²) in [6.07, 6.45) is 0.865. The Morgan fingerprint density at radius 1 is 1.47 bits per heavy atom. The van der Waals surface area contributed by atoms with Crippen molar-refractivity contribution in [3.63, 3.8) is 0 Å². The van der Waals surface area contributed by atoms with Gasteiger partial charge in [-0.15, -0.1) is 0 Å². The topological polar surface area (TPSA) is 38.5 Å². The first kappa shape index (κ1) is 15.1. The maximum atomic E-state index is 6.23. The average molecular weight is 303 g/mol. The zero-order valence-corrected chi connectivity index (χ0v) is 12.6. The number of rotatable bonds is 4. The molecule has 2 rings (SSSR count). The summed E-state index contributed by atoms with van der Waals surface area (Å²) < 4.78 is 5.43. The van der Waals surface area contributed by atoms with E-state index in [0.29, 0.717) is 16.1 Å². The van der Waals surface area contributed by atoms with Crippen molar-refractivity contribution in [2.24, 2.45) is 5.73 Å². The van der Waals surface area contributed by atoms with Crippen LogP contribution in [0.4, 0.5) is 0 Å². The normalized spacial score (nSPS) is 22.4. The molecule has 2 N–H and O–H groups in total. The van der Waals surface area contributed by atoms with Gasteiger partial charge in [-0.05, 0) is 25.0 Å². The van der Waals surface area contributed by atoms with Gasteiger partial charge in [0, 0.05) is 25.2 Å². The van der Waals surface area contributed by atoms with Crippen LogP contribution in [0.15, 0.2) is 18.2 Å². The standard InChI is InChI=1S/C14H20Cl2N2O/c1-10-9-19-8-7-18(10)6-5-13(17)11-3-2-4-12(15)14(11)16/h2-4,10,13H,5-9,17H2,1H3. The van der Waals surface area contributed by atoms with Gasteiger partial charge in [-0.25, -0.2) is 0 Å². The quantitative estimate of drug-likeness (QED) is 0.929. The van der Waals surface area contributed by atoms with E-state index in [4.69, 9.17) is 33.7 Å². The minimum Gasteiger partial charge on any atom is -0.379 e. The number of nitrogens with zero attached hydrogens (tertiary/aromatic N) is 1. The Bertz CT molecular complexity index is 428. The zero-order valence-electron chi connectivity index (χ0n) is 11.1. The highest BCUT2D eigenvalue weighted by atomic mass is 35.5. The lowest BCUT2D eigenvalue weighted by atomic mass is 10.0. The first-order chi connectivity index (χ1) is 9.09. The van der Waals surface area contributed by atoms with Gasteiger partial charge < -0.3 is 10.5 Å². The summed E-state index contributed by atoms with van der Waals surface area (Å²) in [5.41, 5.74) is 7.15. The zero-order chi connectivity index (χ0) is 13.8. The first-order valence-electron chi connectivity index (χ1n) is 6.61. The maximum Gasteiger partial charge on any atom is 0.0640 e. The molecule has 1 heterocycles. The molecule has 19 heavy (non-hydrogen) atoms. The highest BCUT2D eigenvalue weighted by Crippen LogP contribution is 2.30. The molecule has 0 bridgehead atoms. The van der Waals surface area contributed by atoms with Crippen molar-refractivity contribution in [2.75, 3.05) is 26.3 Å². The Labute approximate surface area is 124 Å². The van der Waals surface area contributed by atoms with Crippen LogP contribution in [-0.4, -0.2) is 37.2 Å². The van der Waals surface area contributed by atoms with Crippen molar-refractivity contribution < 1.29 is 4.74 Å². The molecule has 0 amide bonds. The fraction of sp³-hybridized carbons (Fsp3) is 0.571. The molecule has 1 aromatic carbocycles. The van der Waals surface area contributed by atoms with E-state index in [2.05, 4.69) is 11.8 Å². The molecule has 2 unspecified atom stereocenters. The Kier molecular flexibility index (Phi) is 5.48. The molecule has 5 heteroatoms. The molecule has 0 aromatic heterocycles. The van der Waals surface area contributed by atoms with Crippen molar-refractivity contribution in [1.82, 2.24) is 4.90 Å². The smallest absolute Gasteiger partial charge is 0.0640 e. The summed E-state index contributed by atoms with van der Waals surface area (Å²) in [6, 6.07) is 5.99. The third-order valence-electron chi connectivity index (χ3n) is 3.61. The largest absolute Gasteiger partial charge is 0.379 e. The van der Waals surface area contributed by atoms with Crippen molar-refractivity contribution in [3.05, 3.63) is 33.8 Å². The molecule has 1 aromatic rings. The molecule has 0 saturated carbocycles. The Morgan fingerprint density at radius 2 is 2.26 bits per heavy atom. The second-order valence-electron chi connectivity index (χ2n) is 5.00. The fourth-order valence-electron chi connectivity index (χ4n) is 2.36. The molecule has 106 valence electrons. The van der Waals surface area contributed by atoms with Crippen LogP contribution < -0.4 is 5.73 Å². The molecular formula is C14H20Cl2N2O. The maximum absolute atomic E-state index is 6.23. The summed E-state index contributed by atoms with van der Waals surface area (Å²) >= 11 is 12.2.